The van der Waals surface area contributed by atoms with Crippen LogP contribution in [0, 0.1) is 0 Å². The lowest BCUT2D eigenvalue weighted by atomic mass is 10.5. The van der Waals surface area contributed by atoms with Crippen molar-refractivity contribution in [2.75, 3.05) is 20.3 Å². The minimum absolute atomic E-state index is 0.00552. The van der Waals surface area contributed by atoms with Gasteiger partial charge in [-0.15, -0.1) is 11.3 Å². The molecule has 8 nitrogen and oxygen atoms in total. The van der Waals surface area contributed by atoms with Crippen LogP contribution in [-0.2, 0) is 31.5 Å². The fourth-order valence-corrected chi connectivity index (χ4v) is 3.71. The quantitative estimate of drug-likeness (QED) is 0.525. The third-order valence-electron chi connectivity index (χ3n) is 1.95. The summed E-state index contributed by atoms with van der Waals surface area (Å²) in [4.78, 5) is 0.543. The van der Waals surface area contributed by atoms with Crippen molar-refractivity contribution in [2.45, 2.75) is 10.8 Å². The molecule has 0 saturated carbocycles. The van der Waals surface area contributed by atoms with Gasteiger partial charge in [0.2, 0.25) is 10.0 Å². The van der Waals surface area contributed by atoms with E-state index in [9.17, 15) is 16.8 Å². The monoisotopic (exact) mass is 329 g/mol. The van der Waals surface area contributed by atoms with Gasteiger partial charge in [0.05, 0.1) is 6.61 Å². The smallest absolute Gasteiger partial charge is 0.277 e. The predicted octanol–water partition coefficient (Wildman–Crippen LogP) is -1.03. The van der Waals surface area contributed by atoms with Gasteiger partial charge in [-0.2, -0.15) is 17.9 Å². The number of ether oxygens (including phenoxy) is 1. The van der Waals surface area contributed by atoms with Crippen LogP contribution < -0.4 is 14.6 Å². The lowest BCUT2D eigenvalue weighted by molar-refractivity contribution is 0.204. The Morgan fingerprint density at radius 2 is 1.95 bits per heavy atom. The standard InChI is InChI=1S/C8H15N3O5S3/c1-16-5-4-10-19(14,15)11-6-7-2-3-8(17-7)18(9,12)13/h2-3,10-11H,4-6H2,1H3,(H2,9,12,13). The maximum Gasteiger partial charge on any atom is 0.277 e. The number of nitrogens with one attached hydrogen (secondary N) is 2. The molecule has 0 amide bonds. The van der Waals surface area contributed by atoms with Gasteiger partial charge in [0, 0.05) is 25.1 Å². The van der Waals surface area contributed by atoms with E-state index in [1.807, 2.05) is 0 Å². The second-order valence-corrected chi connectivity index (χ2v) is 8.02. The molecule has 11 heteroatoms. The molecule has 110 valence electrons. The van der Waals surface area contributed by atoms with Crippen molar-refractivity contribution in [1.82, 2.24) is 9.44 Å². The molecular formula is C8H15N3O5S3. The molecule has 0 spiro atoms. The number of hydrogen-bond acceptors (Lipinski definition) is 6. The van der Waals surface area contributed by atoms with Gasteiger partial charge in [-0.1, -0.05) is 0 Å². The Morgan fingerprint density at radius 1 is 1.26 bits per heavy atom. The molecule has 1 rings (SSSR count). The van der Waals surface area contributed by atoms with Crippen molar-refractivity contribution < 1.29 is 21.6 Å². The predicted molar refractivity (Wildman–Crippen MR) is 71.3 cm³/mol. The molecular weight excluding hydrogens is 314 g/mol. The Bertz CT molecular complexity index is 607. The highest BCUT2D eigenvalue weighted by atomic mass is 32.2. The summed E-state index contributed by atoms with van der Waals surface area (Å²) in [5.41, 5.74) is 0. The number of thiophene rings is 1. The molecule has 1 heterocycles. The number of nitrogens with two attached hydrogens (primary N) is 1. The first-order chi connectivity index (χ1) is 8.74. The number of methoxy groups -OCH3 is 1. The van der Waals surface area contributed by atoms with Crippen LogP contribution in [0.1, 0.15) is 4.88 Å². The molecule has 0 aromatic carbocycles. The summed E-state index contributed by atoms with van der Waals surface area (Å²) in [5.74, 6) is 0. The van der Waals surface area contributed by atoms with Gasteiger partial charge in [0.1, 0.15) is 4.21 Å². The van der Waals surface area contributed by atoms with Crippen LogP contribution in [0.25, 0.3) is 0 Å². The summed E-state index contributed by atoms with van der Waals surface area (Å²) < 4.78 is 54.3. The summed E-state index contributed by atoms with van der Waals surface area (Å²) in [6.45, 7) is 0.399. The molecule has 4 N–H and O–H groups in total. The zero-order valence-electron chi connectivity index (χ0n) is 10.1. The van der Waals surface area contributed by atoms with Crippen molar-refractivity contribution in [2.24, 2.45) is 5.14 Å². The van der Waals surface area contributed by atoms with E-state index in [1.54, 1.807) is 0 Å². The average molecular weight is 329 g/mol. The Morgan fingerprint density at radius 3 is 2.47 bits per heavy atom. The topological polar surface area (TPSA) is 128 Å². The molecule has 0 atom stereocenters. The lowest BCUT2D eigenvalue weighted by Gasteiger charge is -2.06. The van der Waals surface area contributed by atoms with Crippen molar-refractivity contribution in [3.63, 3.8) is 0 Å². The number of primary sulfonamides is 1. The fraction of sp³-hybridized carbons (Fsp3) is 0.500. The van der Waals surface area contributed by atoms with Gasteiger partial charge in [-0.3, -0.25) is 0 Å². The molecule has 0 aliphatic rings. The summed E-state index contributed by atoms with van der Waals surface area (Å²) in [7, 11) is -5.92. The minimum Gasteiger partial charge on any atom is -0.383 e. The highest BCUT2D eigenvalue weighted by molar-refractivity contribution is 7.91. The molecule has 0 aliphatic heterocycles. The van der Waals surface area contributed by atoms with Crippen LogP contribution in [0.4, 0.5) is 0 Å². The molecule has 0 saturated heterocycles. The van der Waals surface area contributed by atoms with Crippen LogP contribution in [0.2, 0.25) is 0 Å². The molecule has 0 fully saturated rings. The van der Waals surface area contributed by atoms with E-state index in [1.165, 1.54) is 19.2 Å². The van der Waals surface area contributed by atoms with Crippen molar-refractivity contribution in [3.05, 3.63) is 17.0 Å². The van der Waals surface area contributed by atoms with Gasteiger partial charge >= 0.3 is 0 Å². The van der Waals surface area contributed by atoms with E-state index in [-0.39, 0.29) is 23.9 Å². The van der Waals surface area contributed by atoms with E-state index in [2.05, 4.69) is 9.44 Å². The van der Waals surface area contributed by atoms with Gasteiger partial charge in [-0.05, 0) is 12.1 Å². The molecule has 0 aliphatic carbocycles. The highest BCUT2D eigenvalue weighted by Gasteiger charge is 2.13. The Hall–Kier alpha value is -0.560. The number of rotatable bonds is 8. The largest absolute Gasteiger partial charge is 0.383 e. The third-order valence-corrected chi connectivity index (χ3v) is 5.58. The third kappa shape index (κ3) is 5.95. The van der Waals surface area contributed by atoms with Gasteiger partial charge < -0.3 is 4.74 Å². The van der Waals surface area contributed by atoms with Crippen LogP contribution in [-0.4, -0.2) is 37.1 Å². The first kappa shape index (κ1) is 16.5. The van der Waals surface area contributed by atoms with Crippen molar-refractivity contribution in [1.29, 1.82) is 0 Å². The van der Waals surface area contributed by atoms with E-state index in [0.717, 1.165) is 11.3 Å². The van der Waals surface area contributed by atoms with Gasteiger partial charge in [0.15, 0.2) is 0 Å². The Labute approximate surface area is 116 Å². The maximum atomic E-state index is 11.5. The fourth-order valence-electron chi connectivity index (χ4n) is 1.10. The van der Waals surface area contributed by atoms with Crippen LogP contribution in [0.5, 0.6) is 0 Å². The van der Waals surface area contributed by atoms with E-state index in [0.29, 0.717) is 4.88 Å². The lowest BCUT2D eigenvalue weighted by Crippen LogP contribution is -2.37. The van der Waals surface area contributed by atoms with Crippen LogP contribution in [0.15, 0.2) is 16.3 Å². The average Bonchev–Trinajstić information content (AvgIpc) is 2.75. The van der Waals surface area contributed by atoms with Gasteiger partial charge in [-0.25, -0.2) is 13.6 Å². The number of hydrogen-bond donors (Lipinski definition) is 3. The minimum atomic E-state index is -3.74. The Kier molecular flexibility index (Phi) is 5.85. The summed E-state index contributed by atoms with van der Waals surface area (Å²) in [6, 6.07) is 2.84. The summed E-state index contributed by atoms with van der Waals surface area (Å²) in [5, 5.41) is 4.95. The van der Waals surface area contributed by atoms with Gasteiger partial charge in [0.25, 0.3) is 10.2 Å². The summed E-state index contributed by atoms with van der Waals surface area (Å²) in [6.07, 6.45) is 0. The normalized spacial score (nSPS) is 12.7. The van der Waals surface area contributed by atoms with Crippen molar-refractivity contribution >= 4 is 31.6 Å². The van der Waals surface area contributed by atoms with E-state index < -0.39 is 20.2 Å². The molecule has 19 heavy (non-hydrogen) atoms. The molecule has 0 bridgehead atoms. The van der Waals surface area contributed by atoms with Crippen LogP contribution >= 0.6 is 11.3 Å². The number of sulfonamides is 1. The molecule has 1 aromatic rings. The van der Waals surface area contributed by atoms with E-state index in [4.69, 9.17) is 9.88 Å². The molecule has 1 aromatic heterocycles. The second kappa shape index (κ2) is 6.74. The zero-order chi connectivity index (χ0) is 14.5. The highest BCUT2D eigenvalue weighted by Crippen LogP contribution is 2.19. The van der Waals surface area contributed by atoms with E-state index >= 15 is 0 Å². The Balaban J connectivity index is 2.55. The van der Waals surface area contributed by atoms with Crippen molar-refractivity contribution in [3.8, 4) is 0 Å². The zero-order valence-corrected chi connectivity index (χ0v) is 12.6. The first-order valence-corrected chi connectivity index (χ1v) is 8.94. The summed E-state index contributed by atoms with van der Waals surface area (Å²) >= 11 is 0.916. The SMILES string of the molecule is COCCNS(=O)(=O)NCc1ccc(S(N)(=O)=O)s1. The maximum absolute atomic E-state index is 11.5. The molecule has 0 unspecified atom stereocenters. The first-order valence-electron chi connectivity index (χ1n) is 5.09. The second-order valence-electron chi connectivity index (χ2n) is 3.48. The molecule has 0 radical (unpaired) electrons. The van der Waals surface area contributed by atoms with Crippen LogP contribution in [0.3, 0.4) is 0 Å².